The lowest BCUT2D eigenvalue weighted by atomic mass is 10.0. The highest BCUT2D eigenvalue weighted by molar-refractivity contribution is 8.15. The molecule has 2 atom stereocenters. The van der Waals surface area contributed by atoms with Crippen LogP contribution in [0, 0.1) is 0 Å². The highest BCUT2D eigenvalue weighted by Crippen LogP contribution is 2.44. The van der Waals surface area contributed by atoms with E-state index < -0.39 is 0 Å². The average Bonchev–Trinajstić information content (AvgIpc) is 2.87. The topological polar surface area (TPSA) is 59.9 Å². The van der Waals surface area contributed by atoms with Gasteiger partial charge in [-0.3, -0.25) is 4.79 Å². The van der Waals surface area contributed by atoms with Gasteiger partial charge in [0, 0.05) is 5.56 Å². The summed E-state index contributed by atoms with van der Waals surface area (Å²) in [5, 5.41) is 2.48. The van der Waals surface area contributed by atoms with Crippen LogP contribution < -0.4 is 14.8 Å². The van der Waals surface area contributed by atoms with Gasteiger partial charge in [-0.1, -0.05) is 30.3 Å². The molecule has 5 nitrogen and oxygen atoms in total. The van der Waals surface area contributed by atoms with E-state index in [9.17, 15) is 4.79 Å². The van der Waals surface area contributed by atoms with Crippen LogP contribution in [0.4, 0.5) is 10.5 Å². The Labute approximate surface area is 137 Å². The van der Waals surface area contributed by atoms with E-state index in [0.29, 0.717) is 17.3 Å². The second-order valence-corrected chi connectivity index (χ2v) is 6.31. The van der Waals surface area contributed by atoms with Crippen LogP contribution in [0.2, 0.25) is 0 Å². The number of carbonyl (C=O) groups excluding carboxylic acids is 1. The molecule has 23 heavy (non-hydrogen) atoms. The van der Waals surface area contributed by atoms with E-state index in [1.165, 1.54) is 11.8 Å². The quantitative estimate of drug-likeness (QED) is 0.914. The third-order valence-electron chi connectivity index (χ3n) is 3.81. The van der Waals surface area contributed by atoms with Gasteiger partial charge in [-0.05, 0) is 30.0 Å². The summed E-state index contributed by atoms with van der Waals surface area (Å²) < 4.78 is 11.7. The summed E-state index contributed by atoms with van der Waals surface area (Å²) in [6, 6.07) is 15.3. The van der Waals surface area contributed by atoms with Crippen molar-refractivity contribution < 1.29 is 14.3 Å². The first-order valence-corrected chi connectivity index (χ1v) is 8.09. The standard InChI is InChI=1S/C17H14N2O3S/c1-21-12-8-4-2-6-10(12)14-15-16(19-17(20)23-15)18-11-7-3-5-9-13(11)22-14/h2-9,14-15H,1H3,(H,18,19,20). The predicted molar refractivity (Wildman–Crippen MR) is 89.8 cm³/mol. The molecule has 2 aromatic carbocycles. The summed E-state index contributed by atoms with van der Waals surface area (Å²) in [5.74, 6) is 2.05. The molecule has 2 unspecified atom stereocenters. The average molecular weight is 326 g/mol. The number of thioether (sulfide) groups is 1. The second kappa shape index (κ2) is 5.62. The lowest BCUT2D eigenvalue weighted by molar-refractivity contribution is 0.216. The van der Waals surface area contributed by atoms with Gasteiger partial charge in [-0.2, -0.15) is 0 Å². The van der Waals surface area contributed by atoms with Crippen LogP contribution in [-0.2, 0) is 0 Å². The van der Waals surface area contributed by atoms with Crippen molar-refractivity contribution in [2.45, 2.75) is 11.4 Å². The zero-order valence-corrected chi connectivity index (χ0v) is 13.2. The molecule has 116 valence electrons. The number of aliphatic imine (C=N–C) groups is 1. The number of nitrogens with one attached hydrogen (secondary N) is 1. The van der Waals surface area contributed by atoms with Crippen molar-refractivity contribution >= 4 is 28.5 Å². The normalized spacial score (nSPS) is 22.1. The molecule has 2 aromatic rings. The van der Waals surface area contributed by atoms with Gasteiger partial charge in [0.1, 0.15) is 34.4 Å². The third kappa shape index (κ3) is 2.45. The predicted octanol–water partition coefficient (Wildman–Crippen LogP) is 3.68. The van der Waals surface area contributed by atoms with Gasteiger partial charge >= 0.3 is 0 Å². The van der Waals surface area contributed by atoms with Crippen molar-refractivity contribution in [1.82, 2.24) is 5.32 Å². The van der Waals surface area contributed by atoms with E-state index in [-0.39, 0.29) is 16.6 Å². The molecule has 0 radical (unpaired) electrons. The fourth-order valence-corrected chi connectivity index (χ4v) is 3.72. The first-order valence-electron chi connectivity index (χ1n) is 7.21. The van der Waals surface area contributed by atoms with E-state index in [1.54, 1.807) is 7.11 Å². The number of hydrogen-bond donors (Lipinski definition) is 1. The molecule has 0 bridgehead atoms. The van der Waals surface area contributed by atoms with Crippen LogP contribution in [-0.4, -0.2) is 23.4 Å². The lowest BCUT2D eigenvalue weighted by Crippen LogP contribution is -2.30. The van der Waals surface area contributed by atoms with Gasteiger partial charge in [0.05, 0.1) is 7.11 Å². The minimum Gasteiger partial charge on any atom is -0.496 e. The Morgan fingerprint density at radius 1 is 1.17 bits per heavy atom. The minimum absolute atomic E-state index is 0.114. The number of methoxy groups -OCH3 is 1. The van der Waals surface area contributed by atoms with E-state index in [1.807, 2.05) is 48.5 Å². The van der Waals surface area contributed by atoms with Gasteiger partial charge in [0.2, 0.25) is 0 Å². The molecule has 0 spiro atoms. The fraction of sp³-hybridized carbons (Fsp3) is 0.176. The van der Waals surface area contributed by atoms with Crippen molar-refractivity contribution in [3.05, 3.63) is 54.1 Å². The highest BCUT2D eigenvalue weighted by Gasteiger charge is 2.41. The summed E-state index contributed by atoms with van der Waals surface area (Å²) in [4.78, 5) is 16.4. The largest absolute Gasteiger partial charge is 0.496 e. The number of ether oxygens (including phenoxy) is 2. The number of hydrogen-bond acceptors (Lipinski definition) is 5. The molecular weight excluding hydrogens is 312 g/mol. The van der Waals surface area contributed by atoms with Crippen LogP contribution in [0.5, 0.6) is 11.5 Å². The summed E-state index contributed by atoms with van der Waals surface area (Å²) in [7, 11) is 1.63. The van der Waals surface area contributed by atoms with Gasteiger partial charge in [-0.15, -0.1) is 0 Å². The summed E-state index contributed by atoms with van der Waals surface area (Å²) >= 11 is 1.19. The van der Waals surface area contributed by atoms with Crippen molar-refractivity contribution in [2.75, 3.05) is 7.11 Å². The van der Waals surface area contributed by atoms with E-state index in [2.05, 4.69) is 10.3 Å². The van der Waals surface area contributed by atoms with Crippen molar-refractivity contribution in [3.63, 3.8) is 0 Å². The number of fused-ring (bicyclic) bond motifs is 2. The van der Waals surface area contributed by atoms with Gasteiger partial charge in [0.25, 0.3) is 5.24 Å². The number of benzene rings is 2. The third-order valence-corrected chi connectivity index (χ3v) is 4.85. The van der Waals surface area contributed by atoms with Crippen LogP contribution >= 0.6 is 11.8 Å². The molecule has 1 saturated heterocycles. The Hall–Kier alpha value is -2.47. The van der Waals surface area contributed by atoms with Gasteiger partial charge in [-0.25, -0.2) is 4.99 Å². The summed E-state index contributed by atoms with van der Waals surface area (Å²) in [6.07, 6.45) is -0.363. The second-order valence-electron chi connectivity index (χ2n) is 5.20. The van der Waals surface area contributed by atoms with E-state index in [0.717, 1.165) is 11.3 Å². The Morgan fingerprint density at radius 2 is 1.96 bits per heavy atom. The maximum atomic E-state index is 11.8. The maximum Gasteiger partial charge on any atom is 0.285 e. The van der Waals surface area contributed by atoms with Crippen LogP contribution in [0.3, 0.4) is 0 Å². The lowest BCUT2D eigenvalue weighted by Gasteiger charge is -2.23. The van der Waals surface area contributed by atoms with Crippen LogP contribution in [0.1, 0.15) is 11.7 Å². The van der Waals surface area contributed by atoms with Crippen molar-refractivity contribution in [3.8, 4) is 11.5 Å². The zero-order valence-electron chi connectivity index (χ0n) is 12.4. The number of rotatable bonds is 2. The van der Waals surface area contributed by atoms with E-state index in [4.69, 9.17) is 9.47 Å². The van der Waals surface area contributed by atoms with Crippen molar-refractivity contribution in [2.24, 2.45) is 4.99 Å². The SMILES string of the molecule is COc1ccccc1C1Oc2ccccc2N=C2NC(=O)SC21. The molecule has 1 N–H and O–H groups in total. The first kappa shape index (κ1) is 14.1. The Kier molecular flexibility index (Phi) is 3.46. The smallest absolute Gasteiger partial charge is 0.285 e. The van der Waals surface area contributed by atoms with Gasteiger partial charge in [0.15, 0.2) is 0 Å². The minimum atomic E-state index is -0.363. The molecule has 2 heterocycles. The molecule has 2 aliphatic rings. The van der Waals surface area contributed by atoms with E-state index >= 15 is 0 Å². The molecule has 1 amide bonds. The van der Waals surface area contributed by atoms with Crippen molar-refractivity contribution in [1.29, 1.82) is 0 Å². The number of amidine groups is 1. The number of carbonyl (C=O) groups is 1. The molecule has 2 aliphatic heterocycles. The molecule has 0 aliphatic carbocycles. The summed E-state index contributed by atoms with van der Waals surface area (Å²) in [5.41, 5.74) is 1.61. The number of para-hydroxylation sites is 3. The first-order chi connectivity index (χ1) is 11.3. The zero-order chi connectivity index (χ0) is 15.8. The molecule has 6 heteroatoms. The maximum absolute atomic E-state index is 11.8. The highest BCUT2D eigenvalue weighted by atomic mass is 32.2. The Balaban J connectivity index is 1.86. The molecule has 1 fully saturated rings. The van der Waals surface area contributed by atoms with Gasteiger partial charge < -0.3 is 14.8 Å². The molecular formula is C17H14N2O3S. The number of nitrogens with zero attached hydrogens (tertiary/aromatic N) is 1. The number of amides is 1. The molecule has 0 aromatic heterocycles. The summed E-state index contributed by atoms with van der Waals surface area (Å²) in [6.45, 7) is 0. The Morgan fingerprint density at radius 3 is 2.83 bits per heavy atom. The fourth-order valence-electron chi connectivity index (χ4n) is 2.78. The Bertz CT molecular complexity index is 806. The molecule has 4 rings (SSSR count). The van der Waals surface area contributed by atoms with Crippen LogP contribution in [0.15, 0.2) is 53.5 Å². The molecule has 0 saturated carbocycles. The van der Waals surface area contributed by atoms with Crippen LogP contribution in [0.25, 0.3) is 0 Å². The monoisotopic (exact) mass is 326 g/mol.